The van der Waals surface area contributed by atoms with Crippen LogP contribution in [0.3, 0.4) is 0 Å². The lowest BCUT2D eigenvalue weighted by molar-refractivity contribution is 0.942. The van der Waals surface area contributed by atoms with Crippen molar-refractivity contribution in [3.63, 3.8) is 0 Å². The molecular weight excluding hydrogens is 579 g/mol. The summed E-state index contributed by atoms with van der Waals surface area (Å²) in [4.78, 5) is 5.56. The molecule has 0 bridgehead atoms. The molecule has 1 aromatic heterocycles. The van der Waals surface area contributed by atoms with Gasteiger partial charge in [0.25, 0.3) is 0 Å². The lowest BCUT2D eigenvalue weighted by Crippen LogP contribution is -2.05. The van der Waals surface area contributed by atoms with Gasteiger partial charge in [0.1, 0.15) is 0 Å². The molecule has 0 radical (unpaired) electrons. The SMILES string of the molecule is c1ccc(-c2ccc(-c3nc(C4c5ccccc5-c5cc6c(cc54)C(c4ccccc4)c4ccccc4-6)cc4ccccc34)cc2)cc1. The number of hydrogen-bond donors (Lipinski definition) is 0. The second kappa shape index (κ2) is 10.8. The van der Waals surface area contributed by atoms with E-state index in [0.717, 1.165) is 17.0 Å². The minimum atomic E-state index is 0.0357. The van der Waals surface area contributed by atoms with Crippen molar-refractivity contribution in [2.24, 2.45) is 0 Å². The fourth-order valence-electron chi connectivity index (χ4n) is 8.26. The highest BCUT2D eigenvalue weighted by Crippen LogP contribution is 2.55. The van der Waals surface area contributed by atoms with Crippen molar-refractivity contribution in [1.82, 2.24) is 4.98 Å². The molecule has 0 N–H and O–H groups in total. The Morgan fingerprint density at radius 1 is 0.354 bits per heavy atom. The number of aromatic nitrogens is 1. The van der Waals surface area contributed by atoms with E-state index in [1.807, 2.05) is 0 Å². The van der Waals surface area contributed by atoms with Crippen molar-refractivity contribution in [3.05, 3.63) is 209 Å². The van der Waals surface area contributed by atoms with Crippen molar-refractivity contribution in [2.75, 3.05) is 0 Å². The van der Waals surface area contributed by atoms with Crippen LogP contribution in [0.2, 0.25) is 0 Å². The maximum absolute atomic E-state index is 5.56. The molecule has 0 amide bonds. The monoisotopic (exact) mass is 609 g/mol. The first-order chi connectivity index (χ1) is 23.8. The molecule has 0 aliphatic heterocycles. The van der Waals surface area contributed by atoms with Crippen LogP contribution < -0.4 is 0 Å². The number of hydrogen-bond acceptors (Lipinski definition) is 1. The zero-order valence-corrected chi connectivity index (χ0v) is 26.3. The van der Waals surface area contributed by atoms with Gasteiger partial charge in [0.15, 0.2) is 0 Å². The van der Waals surface area contributed by atoms with E-state index in [1.165, 1.54) is 72.0 Å². The van der Waals surface area contributed by atoms with Crippen LogP contribution in [0.5, 0.6) is 0 Å². The molecule has 48 heavy (non-hydrogen) atoms. The smallest absolute Gasteiger partial charge is 0.0784 e. The highest BCUT2D eigenvalue weighted by molar-refractivity contribution is 5.96. The van der Waals surface area contributed by atoms with E-state index in [9.17, 15) is 0 Å². The first kappa shape index (κ1) is 27.1. The van der Waals surface area contributed by atoms with Crippen molar-refractivity contribution in [3.8, 4) is 44.6 Å². The normalized spacial score (nSPS) is 15.5. The third-order valence-electron chi connectivity index (χ3n) is 10.4. The average molecular weight is 610 g/mol. The van der Waals surface area contributed by atoms with Gasteiger partial charge < -0.3 is 0 Å². The van der Waals surface area contributed by atoms with Gasteiger partial charge in [-0.05, 0) is 78.7 Å². The molecule has 1 heteroatoms. The summed E-state index contributed by atoms with van der Waals surface area (Å²) in [7, 11) is 0. The summed E-state index contributed by atoms with van der Waals surface area (Å²) >= 11 is 0. The van der Waals surface area contributed by atoms with Gasteiger partial charge in [0, 0.05) is 16.9 Å². The van der Waals surface area contributed by atoms with Crippen LogP contribution >= 0.6 is 0 Å². The van der Waals surface area contributed by atoms with Gasteiger partial charge in [-0.3, -0.25) is 4.98 Å². The molecule has 0 spiro atoms. The number of fused-ring (bicyclic) bond motifs is 7. The van der Waals surface area contributed by atoms with Crippen LogP contribution in [-0.4, -0.2) is 4.98 Å². The molecule has 2 aliphatic carbocycles. The second-order valence-corrected chi connectivity index (χ2v) is 13.0. The van der Waals surface area contributed by atoms with Crippen LogP contribution in [0.15, 0.2) is 176 Å². The molecular formula is C47H31N. The lowest BCUT2D eigenvalue weighted by Gasteiger charge is -2.19. The molecule has 0 saturated carbocycles. The molecule has 2 aliphatic rings. The van der Waals surface area contributed by atoms with Crippen LogP contribution in [-0.2, 0) is 0 Å². The van der Waals surface area contributed by atoms with E-state index < -0.39 is 0 Å². The molecule has 1 nitrogen and oxygen atoms in total. The maximum atomic E-state index is 5.56. The summed E-state index contributed by atoms with van der Waals surface area (Å²) < 4.78 is 0. The zero-order valence-electron chi connectivity index (χ0n) is 26.3. The fraction of sp³-hybridized carbons (Fsp3) is 0.0426. The average Bonchev–Trinajstić information content (AvgIpc) is 3.66. The Morgan fingerprint density at radius 3 is 1.62 bits per heavy atom. The summed E-state index contributed by atoms with van der Waals surface area (Å²) in [6.07, 6.45) is 0. The molecule has 0 fully saturated rings. The van der Waals surface area contributed by atoms with Gasteiger partial charge in [0.05, 0.1) is 17.3 Å². The van der Waals surface area contributed by atoms with Crippen LogP contribution in [0.1, 0.15) is 45.3 Å². The van der Waals surface area contributed by atoms with E-state index in [0.29, 0.717) is 0 Å². The number of rotatable bonds is 4. The van der Waals surface area contributed by atoms with Gasteiger partial charge in [-0.1, -0.05) is 164 Å². The Bertz CT molecular complexity index is 2490. The number of nitrogens with zero attached hydrogens (tertiary/aromatic N) is 1. The summed E-state index contributed by atoms with van der Waals surface area (Å²) in [5.41, 5.74) is 17.8. The highest BCUT2D eigenvalue weighted by Gasteiger charge is 2.37. The van der Waals surface area contributed by atoms with Crippen LogP contribution in [0.25, 0.3) is 55.4 Å². The predicted octanol–water partition coefficient (Wildman–Crippen LogP) is 11.9. The maximum Gasteiger partial charge on any atom is 0.0784 e. The molecule has 7 aromatic carbocycles. The van der Waals surface area contributed by atoms with Crippen LogP contribution in [0, 0.1) is 0 Å². The summed E-state index contributed by atoms with van der Waals surface area (Å²) in [5.74, 6) is 0.240. The summed E-state index contributed by atoms with van der Waals surface area (Å²) in [6, 6.07) is 64.4. The number of pyridine rings is 1. The summed E-state index contributed by atoms with van der Waals surface area (Å²) in [6.45, 7) is 0. The Labute approximate surface area is 280 Å². The molecule has 2 unspecified atom stereocenters. The third kappa shape index (κ3) is 4.14. The standard InChI is InChI=1S/C47H31N/c1-3-13-30(14-4-1)31-23-25-33(26-24-31)47-35-18-8-7-17-34(35)27-44(48-47)46-39-22-12-10-20-37(39)41-28-40-36-19-9-11-21-38(36)45(42(40)29-43(41)46)32-15-5-2-6-16-32/h1-29,45-46H. The van der Waals surface area contributed by atoms with E-state index in [4.69, 9.17) is 4.98 Å². The molecule has 8 aromatic rings. The van der Waals surface area contributed by atoms with E-state index in [1.54, 1.807) is 0 Å². The highest BCUT2D eigenvalue weighted by atomic mass is 14.7. The Kier molecular flexibility index (Phi) is 6.07. The minimum absolute atomic E-state index is 0.0357. The molecule has 0 saturated heterocycles. The lowest BCUT2D eigenvalue weighted by atomic mass is 9.85. The topological polar surface area (TPSA) is 12.9 Å². The van der Waals surface area contributed by atoms with Gasteiger partial charge in [-0.15, -0.1) is 0 Å². The minimum Gasteiger partial charge on any atom is -0.251 e. The first-order valence-electron chi connectivity index (χ1n) is 16.8. The van der Waals surface area contributed by atoms with E-state index >= 15 is 0 Å². The Morgan fingerprint density at radius 2 is 0.896 bits per heavy atom. The van der Waals surface area contributed by atoms with Crippen molar-refractivity contribution in [1.29, 1.82) is 0 Å². The molecule has 224 valence electrons. The second-order valence-electron chi connectivity index (χ2n) is 13.0. The zero-order chi connectivity index (χ0) is 31.6. The van der Waals surface area contributed by atoms with Gasteiger partial charge in [-0.2, -0.15) is 0 Å². The van der Waals surface area contributed by atoms with Crippen molar-refractivity contribution in [2.45, 2.75) is 11.8 Å². The quantitative estimate of drug-likeness (QED) is 0.193. The predicted molar refractivity (Wildman–Crippen MR) is 198 cm³/mol. The fourth-order valence-corrected chi connectivity index (χ4v) is 8.26. The van der Waals surface area contributed by atoms with Gasteiger partial charge in [-0.25, -0.2) is 0 Å². The summed E-state index contributed by atoms with van der Waals surface area (Å²) in [5, 5.41) is 2.39. The Balaban J connectivity index is 1.17. The van der Waals surface area contributed by atoms with Crippen LogP contribution in [0.4, 0.5) is 0 Å². The van der Waals surface area contributed by atoms with E-state index in [-0.39, 0.29) is 11.8 Å². The molecule has 2 atom stereocenters. The van der Waals surface area contributed by atoms with Gasteiger partial charge in [0.2, 0.25) is 0 Å². The molecule has 10 rings (SSSR count). The van der Waals surface area contributed by atoms with E-state index in [2.05, 4.69) is 176 Å². The van der Waals surface area contributed by atoms with Crippen molar-refractivity contribution < 1.29 is 0 Å². The van der Waals surface area contributed by atoms with Crippen molar-refractivity contribution >= 4 is 10.8 Å². The first-order valence-corrected chi connectivity index (χ1v) is 16.8. The Hall–Kier alpha value is -6.05. The third-order valence-corrected chi connectivity index (χ3v) is 10.4. The molecule has 1 heterocycles. The largest absolute Gasteiger partial charge is 0.251 e. The number of benzene rings is 7. The van der Waals surface area contributed by atoms with Gasteiger partial charge >= 0.3 is 0 Å².